The van der Waals surface area contributed by atoms with Crippen molar-refractivity contribution in [3.63, 3.8) is 0 Å². The number of ether oxygens (including phenoxy) is 3. The Morgan fingerprint density at radius 2 is 1.54 bits per heavy atom. The molecule has 9 rings (SSSR count). The van der Waals surface area contributed by atoms with E-state index in [9.17, 15) is 25.1 Å². The van der Waals surface area contributed by atoms with Crippen molar-refractivity contribution in [2.45, 2.75) is 80.4 Å². The minimum absolute atomic E-state index is 0.00881. The van der Waals surface area contributed by atoms with Gasteiger partial charge in [-0.2, -0.15) is 0 Å². The molecule has 5 aromatic carbocycles. The molecule has 1 saturated carbocycles. The Morgan fingerprint density at radius 1 is 0.871 bits per heavy atom. The number of fused-ring (bicyclic) bond motifs is 3. The molecule has 358 valence electrons. The Bertz CT molecular complexity index is 2840. The summed E-state index contributed by atoms with van der Waals surface area (Å²) < 4.78 is 18.2. The van der Waals surface area contributed by atoms with E-state index in [2.05, 4.69) is 23.7 Å². The number of benzene rings is 5. The summed E-state index contributed by atoms with van der Waals surface area (Å²) in [5, 5.41) is 35.6. The van der Waals surface area contributed by atoms with Gasteiger partial charge in [-0.05, 0) is 96.0 Å². The number of nitro groups is 1. The number of hydrogen-bond donors (Lipinski definition) is 3. The number of carbonyl (C=O) groups is 4. The van der Waals surface area contributed by atoms with Crippen LogP contribution in [0.25, 0.3) is 0 Å². The van der Waals surface area contributed by atoms with Gasteiger partial charge in [0.25, 0.3) is 5.69 Å². The monoisotopic (exact) mass is 944 g/mol. The quantitative estimate of drug-likeness (QED) is 0.0276. The fourth-order valence-corrected chi connectivity index (χ4v) is 10.7. The zero-order chi connectivity index (χ0) is 49.0. The van der Waals surface area contributed by atoms with Gasteiger partial charge in [-0.3, -0.25) is 29.4 Å². The number of morpholine rings is 1. The third kappa shape index (κ3) is 8.81. The van der Waals surface area contributed by atoms with Crippen LogP contribution < -0.4 is 15.0 Å². The SMILES string of the molecule is C=CCNC(=O)[C@H]1[C@@H]2C(=O)O[C@@H](c3ccccc3)[C@@H](c3ccccc3)N2[C@@H](c2ccc(OCCO)cc2)[C@]12C(=O)N(C(=O)OCc1ccc([N+](=O)[O-])cc1)c1ccc(C#CC3(O)CCCCCC3)cc12. The van der Waals surface area contributed by atoms with Gasteiger partial charge in [-0.15, -0.1) is 6.58 Å². The lowest BCUT2D eigenvalue weighted by Gasteiger charge is -2.46. The number of aliphatic hydroxyl groups excluding tert-OH is 1. The lowest BCUT2D eigenvalue weighted by Crippen LogP contribution is -2.55. The molecule has 70 heavy (non-hydrogen) atoms. The molecule has 0 unspecified atom stereocenters. The molecular weight excluding hydrogens is 893 g/mol. The largest absolute Gasteiger partial charge is 0.491 e. The smallest absolute Gasteiger partial charge is 0.421 e. The van der Waals surface area contributed by atoms with Crippen LogP contribution in [0.4, 0.5) is 16.2 Å². The number of nitro benzene ring substituents is 1. The summed E-state index contributed by atoms with van der Waals surface area (Å²) in [6, 6.07) is 32.3. The van der Waals surface area contributed by atoms with Crippen LogP contribution in [0, 0.1) is 27.9 Å². The van der Waals surface area contributed by atoms with E-state index in [4.69, 9.17) is 14.2 Å². The fourth-order valence-electron chi connectivity index (χ4n) is 10.7. The zero-order valence-corrected chi connectivity index (χ0v) is 38.3. The highest BCUT2D eigenvalue weighted by molar-refractivity contribution is 6.23. The Kier molecular flexibility index (Phi) is 13.6. The molecule has 3 amide bonds. The van der Waals surface area contributed by atoms with Crippen molar-refractivity contribution in [2.75, 3.05) is 24.7 Å². The van der Waals surface area contributed by atoms with Crippen LogP contribution in [0.15, 0.2) is 140 Å². The molecule has 3 heterocycles. The molecular formula is C55H52N4O11. The van der Waals surface area contributed by atoms with Crippen LogP contribution in [0.1, 0.15) is 90.1 Å². The summed E-state index contributed by atoms with van der Waals surface area (Å²) in [5.41, 5.74) is -0.608. The fraction of sp³-hybridized carbons (Fsp3) is 0.309. The van der Waals surface area contributed by atoms with Crippen LogP contribution in [-0.4, -0.2) is 75.3 Å². The lowest BCUT2D eigenvalue weighted by atomic mass is 9.65. The maximum Gasteiger partial charge on any atom is 0.421 e. The third-order valence-corrected chi connectivity index (χ3v) is 13.8. The minimum atomic E-state index is -2.11. The van der Waals surface area contributed by atoms with Crippen LogP contribution in [-0.2, 0) is 35.9 Å². The van der Waals surface area contributed by atoms with E-state index in [1.54, 1.807) is 42.5 Å². The van der Waals surface area contributed by atoms with Gasteiger partial charge in [0, 0.05) is 24.2 Å². The highest BCUT2D eigenvalue weighted by atomic mass is 16.6. The summed E-state index contributed by atoms with van der Waals surface area (Å²) in [6.45, 7) is 3.17. The van der Waals surface area contributed by atoms with Gasteiger partial charge in [-0.1, -0.05) is 104 Å². The van der Waals surface area contributed by atoms with E-state index in [-0.39, 0.29) is 43.3 Å². The number of cyclic esters (lactones) is 1. The average Bonchev–Trinajstić information content (AvgIpc) is 3.72. The summed E-state index contributed by atoms with van der Waals surface area (Å²) in [5.74, 6) is 2.81. The number of nitrogens with one attached hydrogen (secondary N) is 1. The summed E-state index contributed by atoms with van der Waals surface area (Å²) >= 11 is 0. The van der Waals surface area contributed by atoms with Gasteiger partial charge in [0.15, 0.2) is 0 Å². The molecule has 5 aromatic rings. The summed E-state index contributed by atoms with van der Waals surface area (Å²) in [6.07, 6.45) is 3.95. The second-order valence-corrected chi connectivity index (χ2v) is 18.0. The van der Waals surface area contributed by atoms with E-state index in [0.29, 0.717) is 46.4 Å². The van der Waals surface area contributed by atoms with E-state index in [1.807, 2.05) is 65.6 Å². The lowest BCUT2D eigenvalue weighted by molar-refractivity contribution is -0.384. The first-order valence-electron chi connectivity index (χ1n) is 23.4. The Hall–Kier alpha value is -7.64. The Morgan fingerprint density at radius 3 is 2.19 bits per heavy atom. The van der Waals surface area contributed by atoms with Crippen molar-refractivity contribution < 1.29 is 48.5 Å². The van der Waals surface area contributed by atoms with Gasteiger partial charge in [0.2, 0.25) is 11.8 Å². The molecule has 15 nitrogen and oxygen atoms in total. The normalized spacial score (nSPS) is 23.5. The van der Waals surface area contributed by atoms with E-state index in [0.717, 1.165) is 30.6 Å². The minimum Gasteiger partial charge on any atom is -0.491 e. The van der Waals surface area contributed by atoms with E-state index >= 15 is 14.4 Å². The van der Waals surface area contributed by atoms with Crippen LogP contribution >= 0.6 is 0 Å². The number of rotatable bonds is 12. The van der Waals surface area contributed by atoms with Crippen molar-refractivity contribution in [2.24, 2.45) is 5.92 Å². The van der Waals surface area contributed by atoms with Crippen LogP contribution in [0.5, 0.6) is 5.75 Å². The van der Waals surface area contributed by atoms with Crippen molar-refractivity contribution >= 4 is 35.3 Å². The third-order valence-electron chi connectivity index (χ3n) is 13.8. The molecule has 0 radical (unpaired) electrons. The Labute approximate surface area is 404 Å². The number of anilines is 1. The highest BCUT2D eigenvalue weighted by Gasteiger charge is 2.75. The van der Waals surface area contributed by atoms with E-state index < -0.39 is 70.0 Å². The van der Waals surface area contributed by atoms with Crippen LogP contribution in [0.2, 0.25) is 0 Å². The second kappa shape index (κ2) is 20.1. The molecule has 0 aromatic heterocycles. The molecule has 4 aliphatic rings. The molecule has 1 aliphatic carbocycles. The van der Waals surface area contributed by atoms with Gasteiger partial charge in [0.05, 0.1) is 35.2 Å². The molecule has 3 aliphatic heterocycles. The number of imide groups is 1. The topological polar surface area (TPSA) is 198 Å². The molecule has 3 N–H and O–H groups in total. The van der Waals surface area contributed by atoms with Gasteiger partial charge < -0.3 is 29.7 Å². The van der Waals surface area contributed by atoms with E-state index in [1.165, 1.54) is 30.3 Å². The van der Waals surface area contributed by atoms with Crippen molar-refractivity contribution in [3.8, 4) is 17.6 Å². The Balaban J connectivity index is 1.30. The van der Waals surface area contributed by atoms with Crippen LogP contribution in [0.3, 0.4) is 0 Å². The van der Waals surface area contributed by atoms with Crippen molar-refractivity contribution in [3.05, 3.63) is 184 Å². The molecule has 2 saturated heterocycles. The number of amides is 3. The van der Waals surface area contributed by atoms with Crippen molar-refractivity contribution in [1.29, 1.82) is 0 Å². The van der Waals surface area contributed by atoms with Gasteiger partial charge in [-0.25, -0.2) is 9.69 Å². The molecule has 6 atom stereocenters. The van der Waals surface area contributed by atoms with Gasteiger partial charge in [0.1, 0.15) is 42.1 Å². The summed E-state index contributed by atoms with van der Waals surface area (Å²) in [4.78, 5) is 75.5. The van der Waals surface area contributed by atoms with Crippen molar-refractivity contribution in [1.82, 2.24) is 10.2 Å². The number of non-ortho nitro benzene ring substituents is 1. The number of hydrogen-bond acceptors (Lipinski definition) is 12. The predicted molar refractivity (Wildman–Crippen MR) is 257 cm³/mol. The first kappa shape index (κ1) is 47.4. The maximum absolute atomic E-state index is 16.4. The highest BCUT2D eigenvalue weighted by Crippen LogP contribution is 2.66. The predicted octanol–water partition coefficient (Wildman–Crippen LogP) is 7.71. The first-order valence-corrected chi connectivity index (χ1v) is 23.4. The zero-order valence-electron chi connectivity index (χ0n) is 38.3. The average molecular weight is 945 g/mol. The molecule has 0 bridgehead atoms. The van der Waals surface area contributed by atoms with Gasteiger partial charge >= 0.3 is 12.1 Å². The molecule has 15 heteroatoms. The number of aliphatic hydroxyl groups is 2. The first-order chi connectivity index (χ1) is 34.0. The number of carbonyl (C=O) groups excluding carboxylic acids is 4. The maximum atomic E-state index is 16.4. The standard InChI is InChI=1S/C55H52N4O11/c1-2-31-56-50(61)45-47-51(62)70-48(39-15-9-6-10-16-39)46(38-13-7-5-8-14-38)58(47)49(40-20-24-42(25-21-40)68-33-32-60)55(45)43-34-36(27-30-54(65)28-11-3-4-12-29-54)19-26-44(43)57(52(55)63)53(64)69-35-37-17-22-41(23-18-37)59(66)67/h2,5-10,13-26,34,45-49,60,65H,1,3-4,11-12,28-29,31-33,35H2,(H,56,61)/t45-,46-,47-,48+,49+,55-/m1/s1. The second-order valence-electron chi connectivity index (χ2n) is 18.0. The number of nitrogens with zero attached hydrogens (tertiary/aromatic N) is 3. The molecule has 1 spiro atoms. The number of esters is 1. The molecule has 3 fully saturated rings. The summed E-state index contributed by atoms with van der Waals surface area (Å²) in [7, 11) is 0.